The molecule has 0 radical (unpaired) electrons. The van der Waals surface area contributed by atoms with Crippen molar-refractivity contribution in [3.05, 3.63) is 229 Å². The first-order valence-corrected chi connectivity index (χ1v) is 46.8. The van der Waals surface area contributed by atoms with Gasteiger partial charge in [0.1, 0.15) is 97.9 Å². The van der Waals surface area contributed by atoms with E-state index < -0.39 is 83.5 Å². The number of amides is 3. The minimum absolute atomic E-state index is 0.166. The summed E-state index contributed by atoms with van der Waals surface area (Å²) in [6.45, 7) is 10.4. The number of fused-ring (bicyclic) bond motifs is 5. The van der Waals surface area contributed by atoms with E-state index in [1.54, 1.807) is 72.2 Å². The number of anilines is 5. The Morgan fingerprint density at radius 1 is 0.466 bits per heavy atom. The number of aromatic amines is 1. The number of aliphatic hydroxyl groups excluding tert-OH is 4. The van der Waals surface area contributed by atoms with E-state index in [1.807, 2.05) is 55.1 Å². The largest absolute Gasteiger partial charge is 0.417 e. The first kappa shape index (κ1) is 103. The van der Waals surface area contributed by atoms with E-state index in [2.05, 4.69) is 107 Å². The van der Waals surface area contributed by atoms with E-state index in [0.29, 0.717) is 157 Å². The number of primary amides is 1. The predicted molar refractivity (Wildman–Crippen MR) is 519 cm³/mol. The van der Waals surface area contributed by atoms with Gasteiger partial charge in [-0.1, -0.05) is 30.1 Å². The first-order chi connectivity index (χ1) is 69.9. The molecule has 0 bridgehead atoms. The second-order valence-electron chi connectivity index (χ2n) is 35.5. The summed E-state index contributed by atoms with van der Waals surface area (Å²) in [6, 6.07) is 21.5. The Labute approximate surface area is 834 Å². The minimum Gasteiger partial charge on any atom is -0.391 e. The van der Waals surface area contributed by atoms with Gasteiger partial charge in [-0.3, -0.25) is 46.4 Å². The molecule has 3 amide bonds. The van der Waals surface area contributed by atoms with E-state index in [-0.39, 0.29) is 60.3 Å². The number of alkyl halides is 9. The molecule has 13 N–H and O–H groups in total. The van der Waals surface area contributed by atoms with Crippen LogP contribution < -0.4 is 52.3 Å². The highest BCUT2D eigenvalue weighted by molar-refractivity contribution is 6.30. The highest BCUT2D eigenvalue weighted by Gasteiger charge is 2.39. The van der Waals surface area contributed by atoms with Gasteiger partial charge in [-0.25, -0.2) is 74.8 Å². The Kier molecular flexibility index (Phi) is 30.9. The molecule has 16 aromatic heterocycles. The number of nitrogens with two attached hydrogens (primary N) is 3. The lowest BCUT2D eigenvalue weighted by Gasteiger charge is -2.40. The molecule has 764 valence electrons. The fourth-order valence-corrected chi connectivity index (χ4v) is 18.0. The van der Waals surface area contributed by atoms with Crippen LogP contribution in [0.5, 0.6) is 0 Å². The Hall–Kier alpha value is -14.9. The molecule has 16 aromatic rings. The summed E-state index contributed by atoms with van der Waals surface area (Å²) in [5.74, 6) is 4.18. The van der Waals surface area contributed by atoms with Gasteiger partial charge in [0.15, 0.2) is 29.1 Å². The lowest BCUT2D eigenvalue weighted by atomic mass is 9.97. The number of hydrogen-bond donors (Lipinski definition) is 10. The van der Waals surface area contributed by atoms with Gasteiger partial charge >= 0.3 is 18.5 Å². The van der Waals surface area contributed by atoms with Gasteiger partial charge in [0.25, 0.3) is 5.91 Å². The Balaban J connectivity index is 0.000000126. The predicted octanol–water partition coefficient (Wildman–Crippen LogP) is 8.54. The third kappa shape index (κ3) is 24.2. The van der Waals surface area contributed by atoms with Crippen molar-refractivity contribution in [2.24, 2.45) is 23.1 Å². The zero-order valence-electron chi connectivity index (χ0n) is 78.2. The van der Waals surface area contributed by atoms with Crippen LogP contribution in [0, 0.1) is 5.92 Å². The van der Waals surface area contributed by atoms with Gasteiger partial charge in [-0.15, -0.1) is 0 Å². The number of hydrogen-bond acceptors (Lipinski definition) is 32. The molecule has 5 saturated heterocycles. The molecule has 5 fully saturated rings. The van der Waals surface area contributed by atoms with E-state index in [9.17, 15) is 74.3 Å². The second-order valence-corrected chi connectivity index (χ2v) is 36.4. The lowest BCUT2D eigenvalue weighted by Crippen LogP contribution is -2.59. The Bertz CT molecular complexity index is 7290. The van der Waals surface area contributed by atoms with Crippen molar-refractivity contribution in [1.29, 1.82) is 0 Å². The number of piperazine rings is 1. The molecule has 10 atom stereocenters. The van der Waals surface area contributed by atoms with Crippen LogP contribution in [-0.2, 0) is 32.9 Å². The van der Waals surface area contributed by atoms with Gasteiger partial charge in [0, 0.05) is 178 Å². The number of halogens is 11. The number of imidazole rings is 5. The smallest absolute Gasteiger partial charge is 0.391 e. The molecule has 52 heteroatoms. The highest BCUT2D eigenvalue weighted by atomic mass is 35.5. The number of methoxy groups -OCH3 is 1. The van der Waals surface area contributed by atoms with Crippen molar-refractivity contribution in [2.45, 2.75) is 113 Å². The maximum absolute atomic E-state index is 13.2. The molecule has 5 aliphatic heterocycles. The summed E-state index contributed by atoms with van der Waals surface area (Å²) < 4.78 is 131. The minimum atomic E-state index is -4.51. The van der Waals surface area contributed by atoms with Gasteiger partial charge in [-0.2, -0.15) is 44.6 Å². The van der Waals surface area contributed by atoms with Crippen LogP contribution in [0.4, 0.5) is 68.6 Å². The van der Waals surface area contributed by atoms with Crippen LogP contribution in [0.1, 0.15) is 66.6 Å². The summed E-state index contributed by atoms with van der Waals surface area (Å²) in [7, 11) is 1.59. The Morgan fingerprint density at radius 2 is 0.842 bits per heavy atom. The van der Waals surface area contributed by atoms with Crippen LogP contribution in [0.25, 0.3) is 85.8 Å². The summed E-state index contributed by atoms with van der Waals surface area (Å²) >= 11 is 12.2. The molecule has 5 aliphatic rings. The average Bonchev–Trinajstić information content (AvgIpc) is 1.62. The molecule has 21 rings (SSSR count). The maximum atomic E-state index is 13.2. The molecule has 21 heterocycles. The second kappa shape index (κ2) is 44.0. The number of β-amino-alcohol motifs (C(OH)–C–C–N with tert-alkyl or cyclic N) is 2. The van der Waals surface area contributed by atoms with Gasteiger partial charge < -0.3 is 77.5 Å². The number of nitrogens with one attached hydrogen (secondary N) is 3. The number of nitrogens with zero attached hydrogens (tertiary/aromatic N) is 27. The van der Waals surface area contributed by atoms with Crippen molar-refractivity contribution < 1.29 is 79.1 Å². The lowest BCUT2D eigenvalue weighted by molar-refractivity contribution is -0.138. The summed E-state index contributed by atoms with van der Waals surface area (Å²) in [5.41, 5.74) is 20.8. The van der Waals surface area contributed by atoms with Crippen molar-refractivity contribution in [3.63, 3.8) is 0 Å². The number of pyridine rings is 5. The van der Waals surface area contributed by atoms with Gasteiger partial charge in [-0.05, 0) is 130 Å². The van der Waals surface area contributed by atoms with Crippen LogP contribution in [0.2, 0.25) is 10.0 Å². The van der Waals surface area contributed by atoms with Gasteiger partial charge in [0.2, 0.25) is 11.8 Å². The number of aliphatic hydroxyl groups is 4. The fourth-order valence-electron chi connectivity index (χ4n) is 17.7. The molecule has 41 nitrogen and oxygen atoms in total. The number of H-pyrrole nitrogens is 1. The topological polar surface area (TPSA) is 507 Å². The first-order valence-electron chi connectivity index (χ1n) is 46.0. The molecular formula is C94H98Cl2F9N33O8. The molecule has 0 spiro atoms. The normalized spacial score (nSPS) is 19.8. The summed E-state index contributed by atoms with van der Waals surface area (Å²) in [4.78, 5) is 113. The fraction of sp³-hybridized carbons (Fsp3) is 0.351. The molecule has 0 saturated carbocycles. The van der Waals surface area contributed by atoms with Gasteiger partial charge in [0.05, 0.1) is 94.4 Å². The van der Waals surface area contributed by atoms with E-state index in [4.69, 9.17) is 50.1 Å². The van der Waals surface area contributed by atoms with Crippen LogP contribution in [-0.4, -0.2) is 297 Å². The number of rotatable bonds is 18. The zero-order chi connectivity index (χ0) is 103. The van der Waals surface area contributed by atoms with Crippen molar-refractivity contribution in [3.8, 4) is 57.6 Å². The van der Waals surface area contributed by atoms with E-state index >= 15 is 0 Å². The molecule has 146 heavy (non-hydrogen) atoms. The highest BCUT2D eigenvalue weighted by Crippen LogP contribution is 2.37. The number of carbonyl (C=O) groups excluding carboxylic acids is 3. The number of ether oxygens (including phenoxy) is 1. The van der Waals surface area contributed by atoms with Crippen molar-refractivity contribution in [1.82, 2.24) is 122 Å². The number of piperidine rings is 4. The third-order valence-electron chi connectivity index (χ3n) is 24.8. The van der Waals surface area contributed by atoms with Crippen molar-refractivity contribution >= 4 is 98.2 Å². The molecule has 0 aromatic carbocycles. The van der Waals surface area contributed by atoms with E-state index in [0.717, 1.165) is 90.6 Å². The molecule has 2 unspecified atom stereocenters. The van der Waals surface area contributed by atoms with Crippen LogP contribution in [0.15, 0.2) is 196 Å². The van der Waals surface area contributed by atoms with Crippen LogP contribution >= 0.6 is 23.2 Å². The van der Waals surface area contributed by atoms with E-state index in [1.165, 1.54) is 87.9 Å². The third-order valence-corrected chi connectivity index (χ3v) is 25.2. The zero-order valence-corrected chi connectivity index (χ0v) is 79.7. The van der Waals surface area contributed by atoms with Crippen molar-refractivity contribution in [2.75, 3.05) is 117 Å². The summed E-state index contributed by atoms with van der Waals surface area (Å²) in [5, 5.41) is 53.0. The molecule has 0 aliphatic carbocycles. The average molecular weight is 2060 g/mol. The number of aromatic nitrogens is 22. The summed E-state index contributed by atoms with van der Waals surface area (Å²) in [6.07, 6.45) is 10.9. The maximum Gasteiger partial charge on any atom is 0.417 e. The monoisotopic (exact) mass is 2060 g/mol. The number of carbonyl (C=O) groups is 3. The quantitative estimate of drug-likeness (QED) is 0.0359. The van der Waals surface area contributed by atoms with Crippen LogP contribution in [0.3, 0.4) is 0 Å². The molecular weight excluding hydrogens is 1960 g/mol. The SMILES string of the molecule is CC(O)C(=O)N[C@H]1C[C@H](O)CN(c2ccnc(-c3cnc4ccc(C(F)(F)F)cn34)n2)C1.COCCN1CCN(c2ccnc(-c3cnc4ccc(C(F)(F)F)cn34)n2)CC1C(N)=O.C[C@@H]1C[C@@H](N)CN(c2ccnc(-c3cnc4ccc(Cl)cn34)n2)C1.N[C@H]1CN(c2ccnc(-c3cnc4ccc(Cl)cn34)n2)CC[C@H]1O.O=C(N[C@H]1C[C@H](O)CN(c2ccnc(-c3cnc4ccc(C(F)(F)F)cn34)n2)C1)c1cn[nH]c1. The Morgan fingerprint density at radius 3 is 1.21 bits per heavy atom. The standard InChI is InChI=1S/C21H19F3N8O2.C20H22F3N7O2.C20H21F3N6O3.C17H19ClN6.C16H17ClN6O/c22-21(23,24)13-1-2-17-26-8-16(32(17)9-13)19-25-4-3-18(30-19)31-10-14(5-15(33)11-31)29-20(34)12-6-27-28-7-12;1-32-9-8-28-6-7-29(12-15(28)18(24)31)17-4-5-25-19(27-17)14-10-26-16-3-2-13(11-30(14)16)20(21,22)23;1-11(30)19(32)26-13-6-14(31)10-28(9-13)17-4-5-24-18(27-17)15-7-25-16-3-2-12(8-29(15)16)20(21,22)23;1-11-6-13(19)10-23(8-11)16-4-5-20-17(22-16)14-7-21-15-3-2-12(18)9-24(14)15;17-10-1-2-14-20-7-12(23(14)8-10)16-19-5-3-15(21-16)22-6-4-13(24)11(18)9-22/h1-4,6-9,14-15,33H,5,10-11H2,(H,27,28)(H,29,34);2-5,10-11,15H,6-9,12H2,1H3,(H2,24,31);2-5,7-8,11,13-14,30-31H,6,9-10H2,1H3,(H,26,32);2-5,7,9,11,13H,6,8,10,19H2,1H3;1-3,5,7-8,11,13,24H,4,6,9,18H2/t14-,15-;;11?,13-,14-;11-,13-;11-,13+/m0.010/s1.